The van der Waals surface area contributed by atoms with Gasteiger partial charge in [0.15, 0.2) is 0 Å². The fourth-order valence-corrected chi connectivity index (χ4v) is 4.08. The normalized spacial score (nSPS) is 12.6. The number of sulfonamides is 1. The first-order valence-electron chi connectivity index (χ1n) is 8.37. The quantitative estimate of drug-likeness (QED) is 0.768. The van der Waals surface area contributed by atoms with Crippen molar-refractivity contribution < 1.29 is 17.9 Å². The summed E-state index contributed by atoms with van der Waals surface area (Å²) in [5.74, 6) is 0.300. The molecule has 0 heterocycles. The standard InChI is InChI=1S/C19H24N2O4S/c1-4-21(26(23,24)16-10-6-5-7-11-16)14-19(22)20-15(2)17-12-8-9-13-18(17)25-3/h5-13,15H,4,14H2,1-3H3,(H,20,22)/t15-/m0/s1. The molecular formula is C19H24N2O4S. The van der Waals surface area contributed by atoms with Gasteiger partial charge in [-0.25, -0.2) is 8.42 Å². The minimum atomic E-state index is -3.71. The highest BCUT2D eigenvalue weighted by Gasteiger charge is 2.25. The predicted octanol–water partition coefficient (Wildman–Crippen LogP) is 2.58. The molecule has 2 aromatic rings. The van der Waals surface area contributed by atoms with Crippen LogP contribution < -0.4 is 10.1 Å². The topological polar surface area (TPSA) is 75.7 Å². The molecule has 0 fully saturated rings. The lowest BCUT2D eigenvalue weighted by atomic mass is 10.1. The number of nitrogens with one attached hydrogen (secondary N) is 1. The van der Waals surface area contributed by atoms with Crippen LogP contribution in [-0.2, 0) is 14.8 Å². The minimum absolute atomic E-state index is 0.174. The van der Waals surface area contributed by atoms with Gasteiger partial charge >= 0.3 is 0 Å². The van der Waals surface area contributed by atoms with Crippen LogP contribution in [-0.4, -0.2) is 38.8 Å². The molecule has 7 heteroatoms. The number of rotatable bonds is 8. The molecule has 0 bridgehead atoms. The molecule has 6 nitrogen and oxygen atoms in total. The molecule has 0 saturated heterocycles. The molecule has 1 amide bonds. The molecule has 0 unspecified atom stereocenters. The van der Waals surface area contributed by atoms with Gasteiger partial charge in [0.2, 0.25) is 15.9 Å². The van der Waals surface area contributed by atoms with Gasteiger partial charge in [-0.3, -0.25) is 4.79 Å². The first-order valence-corrected chi connectivity index (χ1v) is 9.81. The Morgan fingerprint density at radius 2 is 1.73 bits per heavy atom. The van der Waals surface area contributed by atoms with Gasteiger partial charge in [-0.15, -0.1) is 0 Å². The van der Waals surface area contributed by atoms with Crippen molar-refractivity contribution >= 4 is 15.9 Å². The van der Waals surface area contributed by atoms with Gasteiger partial charge in [0, 0.05) is 12.1 Å². The highest BCUT2D eigenvalue weighted by atomic mass is 32.2. The summed E-state index contributed by atoms with van der Waals surface area (Å²) in [5.41, 5.74) is 0.831. The van der Waals surface area contributed by atoms with E-state index in [4.69, 9.17) is 4.74 Å². The summed E-state index contributed by atoms with van der Waals surface area (Å²) in [6.45, 7) is 3.50. The third-order valence-corrected chi connectivity index (χ3v) is 5.97. The third-order valence-electron chi connectivity index (χ3n) is 4.04. The molecular weight excluding hydrogens is 352 g/mol. The Hall–Kier alpha value is -2.38. The predicted molar refractivity (Wildman–Crippen MR) is 100 cm³/mol. The average Bonchev–Trinajstić information content (AvgIpc) is 2.66. The smallest absolute Gasteiger partial charge is 0.243 e. The monoisotopic (exact) mass is 376 g/mol. The third kappa shape index (κ3) is 4.62. The van der Waals surface area contributed by atoms with Crippen molar-refractivity contribution in [2.24, 2.45) is 0 Å². The van der Waals surface area contributed by atoms with E-state index in [2.05, 4.69) is 5.32 Å². The van der Waals surface area contributed by atoms with E-state index in [1.165, 1.54) is 12.1 Å². The van der Waals surface area contributed by atoms with Gasteiger partial charge in [-0.1, -0.05) is 43.3 Å². The van der Waals surface area contributed by atoms with E-state index in [0.29, 0.717) is 5.75 Å². The number of carbonyl (C=O) groups is 1. The second kappa shape index (κ2) is 8.82. The molecule has 0 aliphatic heterocycles. The fourth-order valence-electron chi connectivity index (χ4n) is 2.66. The van der Waals surface area contributed by atoms with Crippen molar-refractivity contribution in [1.82, 2.24) is 9.62 Å². The lowest BCUT2D eigenvalue weighted by molar-refractivity contribution is -0.121. The Balaban J connectivity index is 2.10. The summed E-state index contributed by atoms with van der Waals surface area (Å²) in [5, 5.41) is 2.83. The van der Waals surface area contributed by atoms with E-state index in [9.17, 15) is 13.2 Å². The van der Waals surface area contributed by atoms with Crippen molar-refractivity contribution in [2.45, 2.75) is 24.8 Å². The zero-order valence-corrected chi connectivity index (χ0v) is 16.0. The lowest BCUT2D eigenvalue weighted by Crippen LogP contribution is -2.41. The van der Waals surface area contributed by atoms with Crippen LogP contribution in [0.15, 0.2) is 59.5 Å². The van der Waals surface area contributed by atoms with Crippen LogP contribution in [0, 0.1) is 0 Å². The van der Waals surface area contributed by atoms with E-state index in [-0.39, 0.29) is 29.9 Å². The van der Waals surface area contributed by atoms with E-state index < -0.39 is 10.0 Å². The molecule has 2 rings (SSSR count). The van der Waals surface area contributed by atoms with Crippen molar-refractivity contribution in [2.75, 3.05) is 20.2 Å². The van der Waals surface area contributed by atoms with E-state index in [0.717, 1.165) is 9.87 Å². The zero-order chi connectivity index (χ0) is 19.2. The van der Waals surface area contributed by atoms with Gasteiger partial charge in [0.05, 0.1) is 24.6 Å². The van der Waals surface area contributed by atoms with Crippen LogP contribution in [0.3, 0.4) is 0 Å². The number of para-hydroxylation sites is 1. The van der Waals surface area contributed by atoms with Gasteiger partial charge < -0.3 is 10.1 Å². The number of hydrogen-bond acceptors (Lipinski definition) is 4. The van der Waals surface area contributed by atoms with Crippen LogP contribution in [0.25, 0.3) is 0 Å². The summed E-state index contributed by atoms with van der Waals surface area (Å²) in [6, 6.07) is 15.2. The van der Waals surface area contributed by atoms with E-state index in [1.807, 2.05) is 31.2 Å². The van der Waals surface area contributed by atoms with Crippen LogP contribution in [0.4, 0.5) is 0 Å². The Bertz CT molecular complexity index is 838. The summed E-state index contributed by atoms with van der Waals surface area (Å²) in [7, 11) is -2.14. The summed E-state index contributed by atoms with van der Waals surface area (Å²) < 4.78 is 31.8. The molecule has 0 aliphatic rings. The molecule has 0 spiro atoms. The molecule has 0 radical (unpaired) electrons. The minimum Gasteiger partial charge on any atom is -0.496 e. The van der Waals surface area contributed by atoms with Crippen molar-refractivity contribution in [3.8, 4) is 5.75 Å². The molecule has 0 aliphatic carbocycles. The summed E-state index contributed by atoms with van der Waals surface area (Å²) in [6.07, 6.45) is 0. The number of benzene rings is 2. The maximum Gasteiger partial charge on any atom is 0.243 e. The van der Waals surface area contributed by atoms with Gasteiger partial charge in [0.25, 0.3) is 0 Å². The molecule has 26 heavy (non-hydrogen) atoms. The van der Waals surface area contributed by atoms with Crippen molar-refractivity contribution in [3.05, 3.63) is 60.2 Å². The molecule has 1 atom stereocenters. The molecule has 0 saturated carbocycles. The van der Waals surface area contributed by atoms with Crippen molar-refractivity contribution in [3.63, 3.8) is 0 Å². The maximum absolute atomic E-state index is 12.7. The van der Waals surface area contributed by atoms with Gasteiger partial charge in [0.1, 0.15) is 5.75 Å². The summed E-state index contributed by atoms with van der Waals surface area (Å²) in [4.78, 5) is 12.6. The van der Waals surface area contributed by atoms with E-state index in [1.54, 1.807) is 32.2 Å². The number of nitrogens with zero attached hydrogens (tertiary/aromatic N) is 1. The van der Waals surface area contributed by atoms with Crippen LogP contribution in [0.1, 0.15) is 25.5 Å². The average molecular weight is 376 g/mol. The number of ether oxygens (including phenoxy) is 1. The Kier molecular flexibility index (Phi) is 6.76. The number of carbonyl (C=O) groups excluding carboxylic acids is 1. The SMILES string of the molecule is CCN(CC(=O)N[C@@H](C)c1ccccc1OC)S(=O)(=O)c1ccccc1. The maximum atomic E-state index is 12.7. The lowest BCUT2D eigenvalue weighted by Gasteiger charge is -2.22. The number of methoxy groups -OCH3 is 1. The number of hydrogen-bond donors (Lipinski definition) is 1. The van der Waals surface area contributed by atoms with E-state index >= 15 is 0 Å². The Morgan fingerprint density at radius 1 is 1.12 bits per heavy atom. The molecule has 140 valence electrons. The van der Waals surface area contributed by atoms with Crippen LogP contribution in [0.2, 0.25) is 0 Å². The Morgan fingerprint density at radius 3 is 2.35 bits per heavy atom. The molecule has 1 N–H and O–H groups in total. The highest BCUT2D eigenvalue weighted by molar-refractivity contribution is 7.89. The largest absolute Gasteiger partial charge is 0.496 e. The second-order valence-corrected chi connectivity index (χ2v) is 7.71. The second-order valence-electron chi connectivity index (χ2n) is 5.78. The number of likely N-dealkylation sites (N-methyl/N-ethyl adjacent to an activating group) is 1. The fraction of sp³-hybridized carbons (Fsp3) is 0.316. The van der Waals surface area contributed by atoms with Crippen LogP contribution >= 0.6 is 0 Å². The first-order chi connectivity index (χ1) is 12.4. The zero-order valence-electron chi connectivity index (χ0n) is 15.2. The summed E-state index contributed by atoms with van der Waals surface area (Å²) >= 11 is 0. The Labute approximate surface area is 154 Å². The highest BCUT2D eigenvalue weighted by Crippen LogP contribution is 2.24. The van der Waals surface area contributed by atoms with Gasteiger partial charge in [-0.05, 0) is 25.1 Å². The van der Waals surface area contributed by atoms with Crippen LogP contribution in [0.5, 0.6) is 5.75 Å². The van der Waals surface area contributed by atoms with Crippen molar-refractivity contribution in [1.29, 1.82) is 0 Å². The first kappa shape index (κ1) is 19.9. The van der Waals surface area contributed by atoms with Gasteiger partial charge in [-0.2, -0.15) is 4.31 Å². The molecule has 0 aromatic heterocycles. The molecule has 2 aromatic carbocycles. The number of amides is 1.